The molecule has 0 aliphatic carbocycles. The normalized spacial score (nSPS) is 17.3. The van der Waals surface area contributed by atoms with E-state index in [0.29, 0.717) is 18.3 Å². The topological polar surface area (TPSA) is 70.6 Å². The minimum absolute atomic E-state index is 0. The molecular weight excluding hydrogens is 352 g/mol. The van der Waals surface area contributed by atoms with Crippen molar-refractivity contribution in [2.24, 2.45) is 11.8 Å². The van der Waals surface area contributed by atoms with E-state index in [2.05, 4.69) is 17.6 Å². The van der Waals surface area contributed by atoms with Crippen molar-refractivity contribution in [3.05, 3.63) is 29.8 Å². The maximum Gasteiger partial charge on any atom is 0.220 e. The number of hydrogen-bond donors (Lipinski definition) is 3. The molecule has 2 unspecified atom stereocenters. The maximum absolute atomic E-state index is 12.1. The highest BCUT2D eigenvalue weighted by molar-refractivity contribution is 5.85. The predicted molar refractivity (Wildman–Crippen MR) is 107 cm³/mol. The number of aliphatic hydroxyl groups is 1. The van der Waals surface area contributed by atoms with Gasteiger partial charge in [0.2, 0.25) is 5.91 Å². The van der Waals surface area contributed by atoms with Gasteiger partial charge in [-0.1, -0.05) is 19.1 Å². The minimum atomic E-state index is -0.703. The highest BCUT2D eigenvalue weighted by Crippen LogP contribution is 2.24. The van der Waals surface area contributed by atoms with Gasteiger partial charge in [0.15, 0.2) is 0 Å². The fourth-order valence-corrected chi connectivity index (χ4v) is 3.31. The van der Waals surface area contributed by atoms with Crippen LogP contribution in [0.1, 0.15) is 51.7 Å². The van der Waals surface area contributed by atoms with Crippen molar-refractivity contribution in [3.63, 3.8) is 0 Å². The van der Waals surface area contributed by atoms with Crippen molar-refractivity contribution in [1.82, 2.24) is 10.6 Å². The average molecular weight is 385 g/mol. The van der Waals surface area contributed by atoms with Crippen molar-refractivity contribution < 1.29 is 14.6 Å². The number of piperidine rings is 1. The molecule has 1 fully saturated rings. The number of amides is 1. The third kappa shape index (κ3) is 7.52. The van der Waals surface area contributed by atoms with Gasteiger partial charge >= 0.3 is 0 Å². The van der Waals surface area contributed by atoms with Crippen molar-refractivity contribution in [1.29, 1.82) is 0 Å². The molecule has 1 aromatic rings. The van der Waals surface area contributed by atoms with Gasteiger partial charge in [-0.15, -0.1) is 12.4 Å². The summed E-state index contributed by atoms with van der Waals surface area (Å²) in [6.45, 7) is 8.44. The van der Waals surface area contributed by atoms with E-state index < -0.39 is 6.10 Å². The van der Waals surface area contributed by atoms with Gasteiger partial charge in [0, 0.05) is 13.0 Å². The number of carbonyl (C=O) groups excluding carboxylic acids is 1. The summed E-state index contributed by atoms with van der Waals surface area (Å²) in [5.41, 5.74) is 0.780. The van der Waals surface area contributed by atoms with E-state index in [1.54, 1.807) is 0 Å². The summed E-state index contributed by atoms with van der Waals surface area (Å²) in [4.78, 5) is 12.1. The molecule has 1 aliphatic heterocycles. The number of rotatable bonds is 8. The molecule has 5 nitrogen and oxygen atoms in total. The maximum atomic E-state index is 12.1. The molecule has 1 amide bonds. The number of halogens is 1. The van der Waals surface area contributed by atoms with Crippen molar-refractivity contribution >= 4 is 18.3 Å². The smallest absolute Gasteiger partial charge is 0.220 e. The van der Waals surface area contributed by atoms with E-state index in [9.17, 15) is 9.90 Å². The van der Waals surface area contributed by atoms with Gasteiger partial charge in [0.1, 0.15) is 5.75 Å². The third-order valence-corrected chi connectivity index (χ3v) is 4.83. The van der Waals surface area contributed by atoms with Crippen LogP contribution in [0.25, 0.3) is 0 Å². The quantitative estimate of drug-likeness (QED) is 0.644. The van der Waals surface area contributed by atoms with Gasteiger partial charge in [-0.05, 0) is 69.3 Å². The Labute approximate surface area is 163 Å². The Morgan fingerprint density at radius 1 is 1.23 bits per heavy atom. The molecule has 0 aromatic heterocycles. The first kappa shape index (κ1) is 22.7. The van der Waals surface area contributed by atoms with Crippen LogP contribution >= 0.6 is 12.4 Å². The molecule has 0 saturated carbocycles. The molecule has 1 aliphatic rings. The number of ether oxygens (including phenoxy) is 1. The molecule has 1 saturated heterocycles. The van der Waals surface area contributed by atoms with Crippen LogP contribution in [-0.2, 0) is 4.79 Å². The summed E-state index contributed by atoms with van der Waals surface area (Å²) in [5.74, 6) is 1.80. The first-order valence-corrected chi connectivity index (χ1v) is 9.37. The molecule has 2 rings (SSSR count). The van der Waals surface area contributed by atoms with E-state index in [1.165, 1.54) is 0 Å². The van der Waals surface area contributed by atoms with Crippen molar-refractivity contribution in [3.8, 4) is 5.75 Å². The number of nitrogens with one attached hydrogen (secondary N) is 2. The Kier molecular flexibility index (Phi) is 9.99. The Morgan fingerprint density at radius 2 is 1.85 bits per heavy atom. The van der Waals surface area contributed by atoms with E-state index in [-0.39, 0.29) is 31.0 Å². The monoisotopic (exact) mass is 384 g/mol. The molecule has 0 radical (unpaired) electrons. The van der Waals surface area contributed by atoms with Crippen LogP contribution in [0.15, 0.2) is 24.3 Å². The summed E-state index contributed by atoms with van der Waals surface area (Å²) < 4.78 is 5.59. The lowest BCUT2D eigenvalue weighted by molar-refractivity contribution is -0.122. The summed E-state index contributed by atoms with van der Waals surface area (Å²) in [6.07, 6.45) is 2.23. The average Bonchev–Trinajstić information content (AvgIpc) is 2.60. The van der Waals surface area contributed by atoms with Crippen LogP contribution in [0.5, 0.6) is 5.75 Å². The Morgan fingerprint density at radius 3 is 2.42 bits per heavy atom. The standard InChI is InChI=1S/C20H32N2O3.ClH/c1-14(2)25-18-6-4-17(5-7-18)19(23)13-22-20(24)12-15(3)16-8-10-21-11-9-16;/h4-7,14-16,19,21,23H,8-13H2,1-3H3,(H,22,24);1H. The van der Waals surface area contributed by atoms with Gasteiger partial charge in [-0.3, -0.25) is 4.79 Å². The summed E-state index contributed by atoms with van der Waals surface area (Å²) in [6, 6.07) is 7.37. The number of aliphatic hydroxyl groups excluding tert-OH is 1. The lowest BCUT2D eigenvalue weighted by atomic mass is 9.84. The molecular formula is C20H33ClN2O3. The largest absolute Gasteiger partial charge is 0.491 e. The number of benzene rings is 1. The van der Waals surface area contributed by atoms with E-state index in [0.717, 1.165) is 37.2 Å². The van der Waals surface area contributed by atoms with Crippen LogP contribution in [0.4, 0.5) is 0 Å². The molecule has 2 atom stereocenters. The van der Waals surface area contributed by atoms with Gasteiger partial charge < -0.3 is 20.5 Å². The van der Waals surface area contributed by atoms with Crippen molar-refractivity contribution in [2.75, 3.05) is 19.6 Å². The Bertz CT molecular complexity index is 530. The van der Waals surface area contributed by atoms with Crippen LogP contribution in [-0.4, -0.2) is 36.8 Å². The molecule has 1 aromatic carbocycles. The van der Waals surface area contributed by atoms with Crippen LogP contribution < -0.4 is 15.4 Å². The zero-order chi connectivity index (χ0) is 18.2. The molecule has 1 heterocycles. The second-order valence-electron chi connectivity index (χ2n) is 7.32. The van der Waals surface area contributed by atoms with Gasteiger partial charge in [0.05, 0.1) is 12.2 Å². The first-order valence-electron chi connectivity index (χ1n) is 9.37. The lowest BCUT2D eigenvalue weighted by Crippen LogP contribution is -2.34. The summed E-state index contributed by atoms with van der Waals surface area (Å²) in [5, 5.41) is 16.5. The summed E-state index contributed by atoms with van der Waals surface area (Å²) in [7, 11) is 0. The highest BCUT2D eigenvalue weighted by atomic mass is 35.5. The van der Waals surface area contributed by atoms with Gasteiger partial charge in [-0.25, -0.2) is 0 Å². The molecule has 6 heteroatoms. The molecule has 0 bridgehead atoms. The summed E-state index contributed by atoms with van der Waals surface area (Å²) >= 11 is 0. The SMILES string of the molecule is CC(C)Oc1ccc(C(O)CNC(=O)CC(C)C2CCNCC2)cc1.Cl. The van der Waals surface area contributed by atoms with E-state index >= 15 is 0 Å². The predicted octanol–water partition coefficient (Wildman–Crippen LogP) is 3.07. The fraction of sp³-hybridized carbons (Fsp3) is 0.650. The number of carbonyl (C=O) groups is 1. The van der Waals surface area contributed by atoms with Crippen molar-refractivity contribution in [2.45, 2.75) is 52.2 Å². The van der Waals surface area contributed by atoms with Crippen LogP contribution in [0.2, 0.25) is 0 Å². The van der Waals surface area contributed by atoms with E-state index in [1.807, 2.05) is 38.1 Å². The fourth-order valence-electron chi connectivity index (χ4n) is 3.31. The zero-order valence-corrected chi connectivity index (χ0v) is 16.8. The Hall–Kier alpha value is -1.30. The first-order chi connectivity index (χ1) is 12.0. The van der Waals surface area contributed by atoms with Gasteiger partial charge in [-0.2, -0.15) is 0 Å². The molecule has 148 valence electrons. The van der Waals surface area contributed by atoms with Crippen LogP contribution in [0, 0.1) is 11.8 Å². The van der Waals surface area contributed by atoms with Gasteiger partial charge in [0.25, 0.3) is 0 Å². The molecule has 26 heavy (non-hydrogen) atoms. The minimum Gasteiger partial charge on any atom is -0.491 e. The highest BCUT2D eigenvalue weighted by Gasteiger charge is 2.22. The lowest BCUT2D eigenvalue weighted by Gasteiger charge is -2.28. The molecule has 0 spiro atoms. The second-order valence-corrected chi connectivity index (χ2v) is 7.32. The van der Waals surface area contributed by atoms with E-state index in [4.69, 9.17) is 4.74 Å². The zero-order valence-electron chi connectivity index (χ0n) is 16.0. The Balaban J connectivity index is 0.00000338. The second kappa shape index (κ2) is 11.4. The number of hydrogen-bond acceptors (Lipinski definition) is 4. The van der Waals surface area contributed by atoms with Crippen LogP contribution in [0.3, 0.4) is 0 Å². The molecule has 3 N–H and O–H groups in total. The third-order valence-electron chi connectivity index (χ3n) is 4.83.